The molecule has 0 spiro atoms. The van der Waals surface area contributed by atoms with Crippen LogP contribution in [0, 0.1) is 5.82 Å². The van der Waals surface area contributed by atoms with E-state index in [0.29, 0.717) is 0 Å². The summed E-state index contributed by atoms with van der Waals surface area (Å²) in [5.74, 6) is -1.06. The Kier molecular flexibility index (Phi) is 4.83. The third-order valence-corrected chi connectivity index (χ3v) is 4.41. The van der Waals surface area contributed by atoms with Gasteiger partial charge >= 0.3 is 10.1 Å². The fourth-order valence-corrected chi connectivity index (χ4v) is 2.98. The van der Waals surface area contributed by atoms with Crippen LogP contribution in [0.25, 0.3) is 0 Å². The van der Waals surface area contributed by atoms with E-state index in [1.165, 1.54) is 12.1 Å². The zero-order valence-corrected chi connectivity index (χ0v) is 13.1. The van der Waals surface area contributed by atoms with Crippen LogP contribution in [0.1, 0.15) is 23.7 Å². The van der Waals surface area contributed by atoms with Gasteiger partial charge in [0.1, 0.15) is 10.7 Å². The molecule has 0 amide bonds. The SMILES string of the molecule is CCC(=O)c1ccccc1OS(=O)(=O)c1ccc(F)c(Cl)c1. The van der Waals surface area contributed by atoms with Crippen LogP contribution in [0.2, 0.25) is 5.02 Å². The van der Waals surface area contributed by atoms with Gasteiger partial charge in [0.15, 0.2) is 11.5 Å². The lowest BCUT2D eigenvalue weighted by Gasteiger charge is -2.10. The third-order valence-electron chi connectivity index (χ3n) is 2.89. The summed E-state index contributed by atoms with van der Waals surface area (Å²) >= 11 is 5.58. The summed E-state index contributed by atoms with van der Waals surface area (Å²) in [4.78, 5) is 11.5. The quantitative estimate of drug-likeness (QED) is 0.612. The molecular weight excluding hydrogens is 331 g/mol. The molecule has 116 valence electrons. The lowest BCUT2D eigenvalue weighted by molar-refractivity contribution is 0.0986. The van der Waals surface area contributed by atoms with Gasteiger partial charge in [-0.3, -0.25) is 4.79 Å². The molecule has 2 aromatic rings. The molecular formula is C15H12ClFO4S. The van der Waals surface area contributed by atoms with Crippen molar-refractivity contribution in [1.29, 1.82) is 0 Å². The Labute approximate surface area is 132 Å². The molecule has 0 aliphatic rings. The molecule has 0 fully saturated rings. The van der Waals surface area contributed by atoms with E-state index in [1.807, 2.05) is 0 Å². The van der Waals surface area contributed by atoms with Crippen molar-refractivity contribution in [2.75, 3.05) is 0 Å². The highest BCUT2D eigenvalue weighted by molar-refractivity contribution is 7.87. The first-order chi connectivity index (χ1) is 10.3. The summed E-state index contributed by atoms with van der Waals surface area (Å²) in [5.41, 5.74) is 0.168. The van der Waals surface area contributed by atoms with Gasteiger partial charge in [-0.2, -0.15) is 8.42 Å². The van der Waals surface area contributed by atoms with Crippen LogP contribution in [0.5, 0.6) is 5.75 Å². The molecule has 4 nitrogen and oxygen atoms in total. The van der Waals surface area contributed by atoms with Gasteiger partial charge in [-0.1, -0.05) is 30.7 Å². The second kappa shape index (κ2) is 6.46. The molecule has 22 heavy (non-hydrogen) atoms. The highest BCUT2D eigenvalue weighted by atomic mass is 35.5. The summed E-state index contributed by atoms with van der Waals surface area (Å²) < 4.78 is 42.6. The normalized spacial score (nSPS) is 11.2. The van der Waals surface area contributed by atoms with Crippen molar-refractivity contribution in [3.05, 3.63) is 58.9 Å². The number of carbonyl (C=O) groups is 1. The summed E-state index contributed by atoms with van der Waals surface area (Å²) in [6.45, 7) is 1.66. The smallest absolute Gasteiger partial charge is 0.339 e. The minimum absolute atomic E-state index is 0.0743. The van der Waals surface area contributed by atoms with Crippen LogP contribution in [0.15, 0.2) is 47.4 Å². The molecule has 0 aliphatic carbocycles. The Morgan fingerprint density at radius 2 is 1.91 bits per heavy atom. The Hall–Kier alpha value is -1.92. The molecule has 0 N–H and O–H groups in total. The van der Waals surface area contributed by atoms with Crippen LogP contribution < -0.4 is 4.18 Å². The van der Waals surface area contributed by atoms with E-state index in [-0.39, 0.29) is 33.4 Å². The molecule has 0 saturated carbocycles. The van der Waals surface area contributed by atoms with Crippen molar-refractivity contribution >= 4 is 27.5 Å². The topological polar surface area (TPSA) is 60.4 Å². The Balaban J connectivity index is 2.41. The predicted molar refractivity (Wildman–Crippen MR) is 80.3 cm³/mol. The summed E-state index contributed by atoms with van der Waals surface area (Å²) in [7, 11) is -4.22. The lowest BCUT2D eigenvalue weighted by Crippen LogP contribution is -2.12. The van der Waals surface area contributed by atoms with E-state index in [2.05, 4.69) is 0 Å². The van der Waals surface area contributed by atoms with E-state index >= 15 is 0 Å². The molecule has 7 heteroatoms. The third kappa shape index (κ3) is 3.45. The molecule has 0 aromatic heterocycles. The van der Waals surface area contributed by atoms with E-state index in [0.717, 1.165) is 18.2 Å². The molecule has 0 heterocycles. The van der Waals surface area contributed by atoms with Gasteiger partial charge in [-0.05, 0) is 30.3 Å². The number of ketones is 1. The van der Waals surface area contributed by atoms with Crippen molar-refractivity contribution < 1.29 is 21.8 Å². The standard InChI is InChI=1S/C15H12ClFO4S/c1-2-14(18)11-5-3-4-6-15(11)21-22(19,20)10-7-8-13(17)12(16)9-10/h3-9H,2H2,1H3. The monoisotopic (exact) mass is 342 g/mol. The van der Waals surface area contributed by atoms with E-state index in [9.17, 15) is 17.6 Å². The Morgan fingerprint density at radius 3 is 2.55 bits per heavy atom. The van der Waals surface area contributed by atoms with Crippen LogP contribution >= 0.6 is 11.6 Å². The molecule has 0 saturated heterocycles. The average Bonchev–Trinajstić information content (AvgIpc) is 2.49. The zero-order chi connectivity index (χ0) is 16.3. The average molecular weight is 343 g/mol. The minimum atomic E-state index is -4.22. The minimum Gasteiger partial charge on any atom is -0.378 e. The maximum absolute atomic E-state index is 13.1. The fraction of sp³-hybridized carbons (Fsp3) is 0.133. The molecule has 2 aromatic carbocycles. The van der Waals surface area contributed by atoms with Crippen molar-refractivity contribution in [2.45, 2.75) is 18.2 Å². The fourth-order valence-electron chi connectivity index (χ4n) is 1.76. The predicted octanol–water partition coefficient (Wildman–Crippen LogP) is 3.84. The first-order valence-electron chi connectivity index (χ1n) is 6.37. The number of halogens is 2. The van der Waals surface area contributed by atoms with Crippen molar-refractivity contribution in [3.8, 4) is 5.75 Å². The lowest BCUT2D eigenvalue weighted by atomic mass is 10.1. The first-order valence-corrected chi connectivity index (χ1v) is 8.15. The number of Topliss-reactive ketones (excluding diaryl/α,β-unsaturated/α-hetero) is 1. The van der Waals surface area contributed by atoms with Gasteiger partial charge in [0.05, 0.1) is 10.6 Å². The number of benzene rings is 2. The van der Waals surface area contributed by atoms with Crippen LogP contribution in [-0.2, 0) is 10.1 Å². The van der Waals surface area contributed by atoms with Crippen LogP contribution in [-0.4, -0.2) is 14.2 Å². The number of rotatable bonds is 5. The zero-order valence-electron chi connectivity index (χ0n) is 11.5. The second-order valence-electron chi connectivity index (χ2n) is 4.39. The van der Waals surface area contributed by atoms with Gasteiger partial charge < -0.3 is 4.18 Å². The summed E-state index contributed by atoms with van der Waals surface area (Å²) in [6, 6.07) is 8.95. The number of para-hydroxylation sites is 1. The largest absolute Gasteiger partial charge is 0.378 e. The Bertz CT molecular complexity index is 818. The number of hydrogen-bond acceptors (Lipinski definition) is 4. The molecule has 0 radical (unpaired) electrons. The van der Waals surface area contributed by atoms with E-state index < -0.39 is 15.9 Å². The Morgan fingerprint density at radius 1 is 1.23 bits per heavy atom. The van der Waals surface area contributed by atoms with Crippen molar-refractivity contribution in [1.82, 2.24) is 0 Å². The van der Waals surface area contributed by atoms with Gasteiger partial charge in [0.2, 0.25) is 0 Å². The van der Waals surface area contributed by atoms with E-state index in [4.69, 9.17) is 15.8 Å². The van der Waals surface area contributed by atoms with Gasteiger partial charge in [-0.25, -0.2) is 4.39 Å². The van der Waals surface area contributed by atoms with Crippen molar-refractivity contribution in [3.63, 3.8) is 0 Å². The van der Waals surface area contributed by atoms with E-state index in [1.54, 1.807) is 19.1 Å². The number of hydrogen-bond donors (Lipinski definition) is 0. The molecule has 0 bridgehead atoms. The number of carbonyl (C=O) groups excluding carboxylic acids is 1. The highest BCUT2D eigenvalue weighted by Crippen LogP contribution is 2.26. The molecule has 2 rings (SSSR count). The van der Waals surface area contributed by atoms with Crippen molar-refractivity contribution in [2.24, 2.45) is 0 Å². The molecule has 0 aliphatic heterocycles. The summed E-state index contributed by atoms with van der Waals surface area (Å²) in [6.07, 6.45) is 0.211. The van der Waals surface area contributed by atoms with Gasteiger partial charge in [0.25, 0.3) is 0 Å². The summed E-state index contributed by atoms with van der Waals surface area (Å²) in [5, 5.41) is -0.331. The van der Waals surface area contributed by atoms with Crippen LogP contribution in [0.3, 0.4) is 0 Å². The highest BCUT2D eigenvalue weighted by Gasteiger charge is 2.21. The second-order valence-corrected chi connectivity index (χ2v) is 6.34. The van der Waals surface area contributed by atoms with Crippen LogP contribution in [0.4, 0.5) is 4.39 Å². The van der Waals surface area contributed by atoms with Gasteiger partial charge in [0, 0.05) is 6.42 Å². The molecule has 0 atom stereocenters. The maximum atomic E-state index is 13.1. The molecule has 0 unspecified atom stereocenters. The van der Waals surface area contributed by atoms with Gasteiger partial charge in [-0.15, -0.1) is 0 Å². The maximum Gasteiger partial charge on any atom is 0.339 e. The first kappa shape index (κ1) is 16.5.